The summed E-state index contributed by atoms with van der Waals surface area (Å²) in [4.78, 5) is 11.9. The van der Waals surface area contributed by atoms with E-state index in [1.54, 1.807) is 0 Å². The number of hydrogen-bond acceptors (Lipinski definition) is 6. The van der Waals surface area contributed by atoms with E-state index in [2.05, 4.69) is 67.6 Å². The van der Waals surface area contributed by atoms with E-state index in [-0.39, 0.29) is 0 Å². The largest absolute Gasteiger partial charge is 0.492 e. The van der Waals surface area contributed by atoms with E-state index < -0.39 is 0 Å². The van der Waals surface area contributed by atoms with Crippen LogP contribution in [-0.4, -0.2) is 43.3 Å². The lowest BCUT2D eigenvalue weighted by atomic mass is 9.86. The molecule has 2 N–H and O–H groups in total. The number of rotatable bonds is 9. The van der Waals surface area contributed by atoms with Gasteiger partial charge in [-0.05, 0) is 98.8 Å². The highest BCUT2D eigenvalue weighted by molar-refractivity contribution is 9.11. The SMILES string of the molecule is CCOc1c(Br)cc(Br)cc1CNCC1CCC(Nc2nc3c(c(N(C)C)n2)CCCC3)CC1. The van der Waals surface area contributed by atoms with Crippen molar-refractivity contribution in [3.8, 4) is 5.75 Å². The molecule has 0 radical (unpaired) electrons. The average Bonchev–Trinajstić information content (AvgIpc) is 2.81. The van der Waals surface area contributed by atoms with Gasteiger partial charge in [0.05, 0.1) is 16.8 Å². The molecule has 186 valence electrons. The van der Waals surface area contributed by atoms with Gasteiger partial charge >= 0.3 is 0 Å². The maximum atomic E-state index is 5.86. The fourth-order valence-corrected chi connectivity index (χ4v) is 6.59. The highest BCUT2D eigenvalue weighted by atomic mass is 79.9. The van der Waals surface area contributed by atoms with E-state index in [0.29, 0.717) is 18.6 Å². The van der Waals surface area contributed by atoms with E-state index in [1.807, 2.05) is 13.0 Å². The molecule has 34 heavy (non-hydrogen) atoms. The molecule has 6 nitrogen and oxygen atoms in total. The minimum Gasteiger partial charge on any atom is -0.492 e. The second-order valence-electron chi connectivity index (χ2n) is 9.70. The van der Waals surface area contributed by atoms with Crippen LogP contribution in [0.25, 0.3) is 0 Å². The molecule has 1 aromatic heterocycles. The number of anilines is 2. The summed E-state index contributed by atoms with van der Waals surface area (Å²) in [5, 5.41) is 7.34. The first-order valence-corrected chi connectivity index (χ1v) is 14.2. The van der Waals surface area contributed by atoms with Crippen LogP contribution in [0, 0.1) is 5.92 Å². The van der Waals surface area contributed by atoms with E-state index in [9.17, 15) is 0 Å². The Labute approximate surface area is 220 Å². The number of aromatic nitrogens is 2. The highest BCUT2D eigenvalue weighted by Crippen LogP contribution is 2.34. The molecule has 1 fully saturated rings. The summed E-state index contributed by atoms with van der Waals surface area (Å²) in [5.74, 6) is 3.55. The van der Waals surface area contributed by atoms with E-state index in [1.165, 1.54) is 42.5 Å². The first kappa shape index (κ1) is 25.7. The number of benzene rings is 1. The predicted molar refractivity (Wildman–Crippen MR) is 147 cm³/mol. The summed E-state index contributed by atoms with van der Waals surface area (Å²) in [6.07, 6.45) is 9.42. The molecule has 0 bridgehead atoms. The number of nitrogens with one attached hydrogen (secondary N) is 2. The quantitative estimate of drug-likeness (QED) is 0.365. The van der Waals surface area contributed by atoms with Crippen molar-refractivity contribution >= 4 is 43.6 Å². The Kier molecular flexibility index (Phi) is 9.10. The Hall–Kier alpha value is -1.38. The van der Waals surface area contributed by atoms with Gasteiger partial charge in [0.2, 0.25) is 5.95 Å². The second-order valence-corrected chi connectivity index (χ2v) is 11.5. The van der Waals surface area contributed by atoms with Gasteiger partial charge in [0.1, 0.15) is 11.6 Å². The molecule has 2 aromatic rings. The minimum atomic E-state index is 0.457. The topological polar surface area (TPSA) is 62.3 Å². The standard InChI is InChI=1S/C26H37Br2N5O/c1-4-34-24-18(13-19(27)14-22(24)28)16-29-15-17-9-11-20(12-10-17)30-26-31-23-8-6-5-7-21(23)25(32-26)33(2)3/h13-14,17,20,29H,4-12,15-16H2,1-3H3,(H,30,31,32). The zero-order valence-corrected chi connectivity index (χ0v) is 23.8. The Bertz CT molecular complexity index is 976. The van der Waals surface area contributed by atoms with Crippen LogP contribution in [0.4, 0.5) is 11.8 Å². The first-order valence-electron chi connectivity index (χ1n) is 12.6. The fraction of sp³-hybridized carbons (Fsp3) is 0.615. The van der Waals surface area contributed by atoms with Gasteiger partial charge in [-0.3, -0.25) is 0 Å². The summed E-state index contributed by atoms with van der Waals surface area (Å²) >= 11 is 7.23. The normalized spacial score (nSPS) is 20.0. The minimum absolute atomic E-state index is 0.457. The summed E-state index contributed by atoms with van der Waals surface area (Å²) in [5.41, 5.74) is 3.78. The molecule has 8 heteroatoms. The van der Waals surface area contributed by atoms with Crippen LogP contribution >= 0.6 is 31.9 Å². The smallest absolute Gasteiger partial charge is 0.225 e. The summed E-state index contributed by atoms with van der Waals surface area (Å²) in [7, 11) is 4.17. The van der Waals surface area contributed by atoms with E-state index in [4.69, 9.17) is 14.7 Å². The molecule has 2 aliphatic carbocycles. The third-order valence-corrected chi connectivity index (χ3v) is 7.93. The van der Waals surface area contributed by atoms with Crippen LogP contribution in [0.15, 0.2) is 21.1 Å². The van der Waals surface area contributed by atoms with E-state index in [0.717, 1.165) is 65.2 Å². The molecule has 0 unspecified atom stereocenters. The lowest BCUT2D eigenvalue weighted by Crippen LogP contribution is -2.32. The van der Waals surface area contributed by atoms with Crippen molar-refractivity contribution in [3.05, 3.63) is 37.9 Å². The highest BCUT2D eigenvalue weighted by Gasteiger charge is 2.24. The molecular weight excluding hydrogens is 558 g/mol. The number of halogens is 2. The van der Waals surface area contributed by atoms with Gasteiger partial charge in [0.25, 0.3) is 0 Å². The van der Waals surface area contributed by atoms with Crippen molar-refractivity contribution in [2.75, 3.05) is 37.5 Å². The Morgan fingerprint density at radius 3 is 2.56 bits per heavy atom. The molecule has 0 atom stereocenters. The molecule has 0 spiro atoms. The molecule has 1 heterocycles. The van der Waals surface area contributed by atoms with E-state index >= 15 is 0 Å². The molecule has 2 aliphatic rings. The molecule has 4 rings (SSSR count). The molecule has 0 saturated heterocycles. The number of hydrogen-bond donors (Lipinski definition) is 2. The molecule has 1 aromatic carbocycles. The number of fused-ring (bicyclic) bond motifs is 1. The van der Waals surface area contributed by atoms with Crippen molar-refractivity contribution in [3.63, 3.8) is 0 Å². The number of ether oxygens (including phenoxy) is 1. The Morgan fingerprint density at radius 2 is 1.82 bits per heavy atom. The summed E-state index contributed by atoms with van der Waals surface area (Å²) in [6, 6.07) is 4.64. The van der Waals surface area contributed by atoms with Crippen LogP contribution in [0.1, 0.15) is 62.3 Å². The summed E-state index contributed by atoms with van der Waals surface area (Å²) in [6.45, 7) is 4.52. The fourth-order valence-electron chi connectivity index (χ4n) is 5.16. The maximum absolute atomic E-state index is 5.86. The van der Waals surface area contributed by atoms with Crippen LogP contribution in [-0.2, 0) is 19.4 Å². The third-order valence-electron chi connectivity index (χ3n) is 6.89. The van der Waals surface area contributed by atoms with Crippen LogP contribution in [0.2, 0.25) is 0 Å². The zero-order valence-electron chi connectivity index (χ0n) is 20.6. The molecule has 0 aliphatic heterocycles. The lowest BCUT2D eigenvalue weighted by molar-refractivity contribution is 0.318. The maximum Gasteiger partial charge on any atom is 0.225 e. The summed E-state index contributed by atoms with van der Waals surface area (Å²) < 4.78 is 7.92. The van der Waals surface area contributed by atoms with Crippen molar-refractivity contribution in [1.82, 2.24) is 15.3 Å². The zero-order chi connectivity index (χ0) is 24.1. The van der Waals surface area contributed by atoms with Gasteiger partial charge < -0.3 is 20.3 Å². The monoisotopic (exact) mass is 593 g/mol. The first-order chi connectivity index (χ1) is 16.4. The van der Waals surface area contributed by atoms with Crippen LogP contribution in [0.5, 0.6) is 5.75 Å². The van der Waals surface area contributed by atoms with Gasteiger partial charge in [-0.2, -0.15) is 4.98 Å². The average molecular weight is 595 g/mol. The van der Waals surface area contributed by atoms with Crippen LogP contribution < -0.4 is 20.3 Å². The van der Waals surface area contributed by atoms with Crippen molar-refractivity contribution in [1.29, 1.82) is 0 Å². The third kappa shape index (κ3) is 6.43. The molecule has 0 amide bonds. The Balaban J connectivity index is 1.28. The second kappa shape index (κ2) is 12.0. The van der Waals surface area contributed by atoms with Crippen molar-refractivity contribution in [2.24, 2.45) is 5.92 Å². The van der Waals surface area contributed by atoms with Gasteiger partial charge in [-0.1, -0.05) is 15.9 Å². The Morgan fingerprint density at radius 1 is 1.06 bits per heavy atom. The van der Waals surface area contributed by atoms with Crippen molar-refractivity contribution in [2.45, 2.75) is 70.9 Å². The van der Waals surface area contributed by atoms with Gasteiger partial charge in [0, 0.05) is 42.3 Å². The van der Waals surface area contributed by atoms with Crippen molar-refractivity contribution < 1.29 is 4.74 Å². The predicted octanol–water partition coefficient (Wildman–Crippen LogP) is 6.11. The molecule has 1 saturated carbocycles. The van der Waals surface area contributed by atoms with Gasteiger partial charge in [0.15, 0.2) is 0 Å². The number of nitrogens with zero attached hydrogens (tertiary/aromatic N) is 3. The number of aryl methyl sites for hydroxylation is 1. The lowest BCUT2D eigenvalue weighted by Gasteiger charge is -2.30. The van der Waals surface area contributed by atoms with Gasteiger partial charge in [-0.15, -0.1) is 0 Å². The molecular formula is C26H37Br2N5O. The van der Waals surface area contributed by atoms with Crippen LogP contribution in [0.3, 0.4) is 0 Å². The van der Waals surface area contributed by atoms with Gasteiger partial charge in [-0.25, -0.2) is 4.98 Å².